The minimum atomic E-state index is -4.76. The van der Waals surface area contributed by atoms with Crippen LogP contribution in [0.4, 0.5) is 24.0 Å². The summed E-state index contributed by atoms with van der Waals surface area (Å²) in [5, 5.41) is 3.95. The van der Waals surface area contributed by atoms with E-state index in [-0.39, 0.29) is 6.01 Å². The average Bonchev–Trinajstić information content (AvgIpc) is 3.13. The highest BCUT2D eigenvalue weighted by atomic mass is 32.2. The van der Waals surface area contributed by atoms with Gasteiger partial charge in [0.25, 0.3) is 0 Å². The molecule has 0 spiro atoms. The molecule has 0 aliphatic carbocycles. The first kappa shape index (κ1) is 19.4. The van der Waals surface area contributed by atoms with E-state index in [1.807, 2.05) is 0 Å². The molecular formula is C12H18F3N5O4S. The summed E-state index contributed by atoms with van der Waals surface area (Å²) in [6, 6.07) is -1.19. The predicted molar refractivity (Wildman–Crippen MR) is 80.2 cm³/mol. The number of carbonyl (C=O) groups excluding carboxylic acids is 1. The van der Waals surface area contributed by atoms with E-state index in [1.54, 1.807) is 6.92 Å². The number of sulfonamides is 1. The van der Waals surface area contributed by atoms with Crippen molar-refractivity contribution in [2.75, 3.05) is 32.5 Å². The number of anilines is 1. The monoisotopic (exact) mass is 385 g/mol. The Morgan fingerprint density at radius 2 is 2.04 bits per heavy atom. The van der Waals surface area contributed by atoms with E-state index in [0.717, 1.165) is 23.3 Å². The van der Waals surface area contributed by atoms with Crippen molar-refractivity contribution < 1.29 is 30.9 Å². The minimum absolute atomic E-state index is 0.260. The standard InChI is InChI=1S/C12H18F3N5O4S/c1-4-9-16-10(24-18-9)17-11(21)20-5-7(12(13,14)15)8(6-20)25(22,23)19(2)3/h7-8H,4-6H2,1-3H3,(H,16,17,18,21)/t7-,8-/m0/s1. The first-order chi connectivity index (χ1) is 11.5. The largest absolute Gasteiger partial charge is 0.394 e. The first-order valence-electron chi connectivity index (χ1n) is 7.33. The summed E-state index contributed by atoms with van der Waals surface area (Å²) in [7, 11) is -1.91. The molecule has 1 aliphatic heterocycles. The maximum atomic E-state index is 13.2. The fourth-order valence-electron chi connectivity index (χ4n) is 2.45. The number of aromatic nitrogens is 2. The molecule has 1 fully saturated rings. The van der Waals surface area contributed by atoms with Crippen LogP contribution in [0.25, 0.3) is 0 Å². The molecule has 0 unspecified atom stereocenters. The Morgan fingerprint density at radius 3 is 2.52 bits per heavy atom. The van der Waals surface area contributed by atoms with E-state index in [4.69, 9.17) is 4.52 Å². The van der Waals surface area contributed by atoms with Crippen LogP contribution in [-0.4, -0.2) is 72.4 Å². The summed E-state index contributed by atoms with van der Waals surface area (Å²) in [4.78, 5) is 16.7. The van der Waals surface area contributed by atoms with Crippen LogP contribution in [0.5, 0.6) is 0 Å². The SMILES string of the molecule is CCc1noc(NC(=O)N2C[C@H](C(F)(F)F)[C@@H](S(=O)(=O)N(C)C)C2)n1. The molecule has 1 saturated heterocycles. The molecule has 1 N–H and O–H groups in total. The topological polar surface area (TPSA) is 109 Å². The highest BCUT2D eigenvalue weighted by Gasteiger charge is 2.56. The lowest BCUT2D eigenvalue weighted by molar-refractivity contribution is -0.169. The molecule has 0 radical (unpaired) electrons. The van der Waals surface area contributed by atoms with Crippen LogP contribution < -0.4 is 5.32 Å². The molecule has 142 valence electrons. The molecule has 0 saturated carbocycles. The molecule has 1 aromatic heterocycles. The van der Waals surface area contributed by atoms with Crippen molar-refractivity contribution >= 4 is 22.1 Å². The Bertz CT molecular complexity index is 733. The van der Waals surface area contributed by atoms with E-state index in [9.17, 15) is 26.4 Å². The summed E-state index contributed by atoms with van der Waals surface area (Å²) in [6.45, 7) is 0.384. The number of aryl methyl sites for hydroxylation is 1. The zero-order valence-corrected chi connectivity index (χ0v) is 14.6. The zero-order valence-electron chi connectivity index (χ0n) is 13.7. The van der Waals surface area contributed by atoms with Gasteiger partial charge in [-0.1, -0.05) is 12.1 Å². The molecule has 2 amide bonds. The second-order valence-corrected chi connectivity index (χ2v) is 8.08. The Kier molecular flexibility index (Phi) is 5.27. The molecule has 25 heavy (non-hydrogen) atoms. The van der Waals surface area contributed by atoms with E-state index in [1.165, 1.54) is 0 Å². The van der Waals surface area contributed by atoms with Gasteiger partial charge in [-0.3, -0.25) is 5.32 Å². The van der Waals surface area contributed by atoms with Crippen LogP contribution in [0.15, 0.2) is 4.52 Å². The summed E-state index contributed by atoms with van der Waals surface area (Å²) in [5.41, 5.74) is 0. The van der Waals surface area contributed by atoms with Crippen LogP contribution in [0.3, 0.4) is 0 Å². The molecule has 0 bridgehead atoms. The van der Waals surface area contributed by atoms with Gasteiger partial charge in [-0.05, 0) is 0 Å². The fraction of sp³-hybridized carbons (Fsp3) is 0.750. The van der Waals surface area contributed by atoms with Crippen molar-refractivity contribution in [2.24, 2.45) is 5.92 Å². The number of hydrogen-bond donors (Lipinski definition) is 1. The molecule has 13 heteroatoms. The number of alkyl halides is 3. The maximum absolute atomic E-state index is 13.2. The molecule has 2 heterocycles. The second-order valence-electron chi connectivity index (χ2n) is 5.72. The van der Waals surface area contributed by atoms with Gasteiger partial charge in [-0.15, -0.1) is 0 Å². The number of carbonyl (C=O) groups is 1. The molecule has 2 atom stereocenters. The highest BCUT2D eigenvalue weighted by molar-refractivity contribution is 7.89. The van der Waals surface area contributed by atoms with E-state index >= 15 is 0 Å². The van der Waals surface area contributed by atoms with Crippen LogP contribution in [0.1, 0.15) is 12.7 Å². The number of likely N-dealkylation sites (tertiary alicyclic amines) is 1. The van der Waals surface area contributed by atoms with Crippen LogP contribution in [0.2, 0.25) is 0 Å². The summed E-state index contributed by atoms with van der Waals surface area (Å²) >= 11 is 0. The molecule has 2 rings (SSSR count). The van der Waals surface area contributed by atoms with Gasteiger partial charge in [0.2, 0.25) is 10.0 Å². The smallest absolute Gasteiger partial charge is 0.322 e. The van der Waals surface area contributed by atoms with Gasteiger partial charge in [0.1, 0.15) is 5.25 Å². The third-order valence-corrected chi connectivity index (χ3v) is 6.12. The van der Waals surface area contributed by atoms with Gasteiger partial charge in [0.05, 0.1) is 5.92 Å². The number of amides is 2. The van der Waals surface area contributed by atoms with E-state index in [2.05, 4.69) is 15.5 Å². The molecular weight excluding hydrogens is 367 g/mol. The number of urea groups is 1. The summed E-state index contributed by atoms with van der Waals surface area (Å²) < 4.78 is 69.5. The average molecular weight is 385 g/mol. The van der Waals surface area contributed by atoms with Gasteiger partial charge in [0, 0.05) is 33.6 Å². The highest BCUT2D eigenvalue weighted by Crippen LogP contribution is 2.37. The molecule has 9 nitrogen and oxygen atoms in total. The lowest BCUT2D eigenvalue weighted by Gasteiger charge is -2.23. The van der Waals surface area contributed by atoms with Crippen molar-refractivity contribution in [2.45, 2.75) is 24.8 Å². The van der Waals surface area contributed by atoms with Gasteiger partial charge in [-0.25, -0.2) is 17.5 Å². The third kappa shape index (κ3) is 4.03. The number of nitrogens with zero attached hydrogens (tertiary/aromatic N) is 4. The molecule has 1 aromatic rings. The molecule has 1 aliphatic rings. The van der Waals surface area contributed by atoms with Crippen molar-refractivity contribution in [3.05, 3.63) is 5.82 Å². The lowest BCUT2D eigenvalue weighted by Crippen LogP contribution is -2.43. The maximum Gasteiger partial charge on any atom is 0.394 e. The number of halogens is 3. The number of nitrogens with one attached hydrogen (secondary N) is 1. The quantitative estimate of drug-likeness (QED) is 0.826. The first-order valence-corrected chi connectivity index (χ1v) is 8.83. The fourth-order valence-corrected chi connectivity index (χ4v) is 4.01. The van der Waals surface area contributed by atoms with Crippen LogP contribution in [0, 0.1) is 5.92 Å². The van der Waals surface area contributed by atoms with Gasteiger partial charge in [-0.2, -0.15) is 18.2 Å². The Morgan fingerprint density at radius 1 is 1.40 bits per heavy atom. The van der Waals surface area contributed by atoms with E-state index < -0.39 is 46.5 Å². The van der Waals surface area contributed by atoms with Gasteiger partial charge < -0.3 is 9.42 Å². The lowest BCUT2D eigenvalue weighted by atomic mass is 10.1. The Labute approximate surface area is 142 Å². The van der Waals surface area contributed by atoms with Gasteiger partial charge in [0.15, 0.2) is 5.82 Å². The molecule has 0 aromatic carbocycles. The van der Waals surface area contributed by atoms with Crippen molar-refractivity contribution in [3.63, 3.8) is 0 Å². The summed E-state index contributed by atoms with van der Waals surface area (Å²) in [6.07, 6.45) is -4.31. The Balaban J connectivity index is 2.19. The Hall–Kier alpha value is -1.89. The number of rotatable bonds is 4. The second kappa shape index (κ2) is 6.78. The minimum Gasteiger partial charge on any atom is -0.322 e. The number of hydrogen-bond acceptors (Lipinski definition) is 6. The van der Waals surface area contributed by atoms with Crippen molar-refractivity contribution in [3.8, 4) is 0 Å². The van der Waals surface area contributed by atoms with Gasteiger partial charge >= 0.3 is 18.2 Å². The third-order valence-electron chi connectivity index (χ3n) is 3.86. The van der Waals surface area contributed by atoms with Crippen LogP contribution >= 0.6 is 0 Å². The zero-order chi connectivity index (χ0) is 19.0. The van der Waals surface area contributed by atoms with Crippen LogP contribution in [-0.2, 0) is 16.4 Å². The van der Waals surface area contributed by atoms with Crippen molar-refractivity contribution in [1.82, 2.24) is 19.3 Å². The van der Waals surface area contributed by atoms with Crippen molar-refractivity contribution in [1.29, 1.82) is 0 Å². The predicted octanol–water partition coefficient (Wildman–Crippen LogP) is 0.918. The normalized spacial score (nSPS) is 21.8. The van der Waals surface area contributed by atoms with E-state index in [0.29, 0.717) is 12.2 Å². The summed E-state index contributed by atoms with van der Waals surface area (Å²) in [5.74, 6) is -1.86.